The zero-order valence-electron chi connectivity index (χ0n) is 18.0. The smallest absolute Gasteiger partial charge is 0.322 e. The van der Waals surface area contributed by atoms with E-state index in [0.29, 0.717) is 22.3 Å². The van der Waals surface area contributed by atoms with Gasteiger partial charge in [0.2, 0.25) is 0 Å². The highest BCUT2D eigenvalue weighted by Crippen LogP contribution is 2.35. The van der Waals surface area contributed by atoms with Crippen molar-refractivity contribution < 1.29 is 4.79 Å². The normalized spacial score (nSPS) is 16.5. The van der Waals surface area contributed by atoms with Crippen molar-refractivity contribution in [1.82, 2.24) is 9.47 Å². The van der Waals surface area contributed by atoms with Crippen LogP contribution in [0.1, 0.15) is 50.1 Å². The maximum atomic E-state index is 13.5. The van der Waals surface area contributed by atoms with Gasteiger partial charge in [0.15, 0.2) is 0 Å². The summed E-state index contributed by atoms with van der Waals surface area (Å²) in [7, 11) is 0. The Hall–Kier alpha value is -2.43. The Bertz CT molecular complexity index is 1100. The number of aromatic nitrogens is 1. The van der Waals surface area contributed by atoms with Gasteiger partial charge in [0.25, 0.3) is 0 Å². The van der Waals surface area contributed by atoms with E-state index in [0.717, 1.165) is 24.2 Å². The van der Waals surface area contributed by atoms with Crippen molar-refractivity contribution >= 4 is 34.9 Å². The van der Waals surface area contributed by atoms with Crippen LogP contribution in [0.15, 0.2) is 60.8 Å². The van der Waals surface area contributed by atoms with Crippen LogP contribution in [0.5, 0.6) is 0 Å². The molecule has 2 aromatic carbocycles. The summed E-state index contributed by atoms with van der Waals surface area (Å²) in [6.45, 7) is 8.13. The van der Waals surface area contributed by atoms with Gasteiger partial charge in [-0.15, -0.1) is 0 Å². The van der Waals surface area contributed by atoms with Crippen LogP contribution in [0.25, 0.3) is 0 Å². The summed E-state index contributed by atoms with van der Waals surface area (Å²) in [5.41, 5.74) is 4.03. The maximum absolute atomic E-state index is 13.5. The number of anilines is 1. The molecule has 3 aromatic rings. The van der Waals surface area contributed by atoms with E-state index >= 15 is 0 Å². The first-order chi connectivity index (χ1) is 14.7. The number of rotatable bonds is 2. The monoisotopic (exact) mass is 455 g/mol. The minimum Gasteiger partial charge on any atom is -0.349 e. The fraction of sp³-hybridized carbons (Fsp3) is 0.320. The lowest BCUT2D eigenvalue weighted by Crippen LogP contribution is -2.39. The number of aryl methyl sites for hydroxylation is 1. The second-order valence-corrected chi connectivity index (χ2v) is 9.85. The van der Waals surface area contributed by atoms with Crippen molar-refractivity contribution in [3.63, 3.8) is 0 Å². The molecule has 0 fully saturated rings. The number of nitrogens with one attached hydrogen (secondary N) is 1. The standard InChI is InChI=1S/C25H27Cl2N3O/c1-25(2,3)18-8-4-7-17(15-18)23-22-9-5-12-29(22)13-6-14-30(23)24(31)28-21-11-10-19(26)16-20(21)27/h4-5,7-12,15-16,23H,6,13-14H2,1-3H3,(H,28,31). The van der Waals surface area contributed by atoms with E-state index in [2.05, 4.69) is 67.2 Å². The molecule has 4 nitrogen and oxygen atoms in total. The molecule has 1 aliphatic rings. The molecular weight excluding hydrogens is 429 g/mol. The molecule has 1 aromatic heterocycles. The van der Waals surface area contributed by atoms with Gasteiger partial charge in [0.1, 0.15) is 0 Å². The van der Waals surface area contributed by atoms with E-state index in [1.807, 2.05) is 11.0 Å². The molecule has 162 valence electrons. The third-order valence-corrected chi connectivity index (χ3v) is 6.30. The van der Waals surface area contributed by atoms with Crippen LogP contribution in [0.4, 0.5) is 10.5 Å². The summed E-state index contributed by atoms with van der Waals surface area (Å²) in [4.78, 5) is 15.4. The molecule has 0 spiro atoms. The first-order valence-electron chi connectivity index (χ1n) is 10.5. The van der Waals surface area contributed by atoms with E-state index < -0.39 is 0 Å². The number of carbonyl (C=O) groups is 1. The van der Waals surface area contributed by atoms with Gasteiger partial charge in [0.05, 0.1) is 16.8 Å². The Kier molecular flexibility index (Phi) is 6.05. The zero-order chi connectivity index (χ0) is 22.2. The van der Waals surface area contributed by atoms with Gasteiger partial charge in [-0.25, -0.2) is 4.79 Å². The van der Waals surface area contributed by atoms with E-state index in [1.165, 1.54) is 5.56 Å². The van der Waals surface area contributed by atoms with Crippen molar-refractivity contribution in [2.45, 2.75) is 45.2 Å². The predicted molar refractivity (Wildman–Crippen MR) is 128 cm³/mol. The Balaban J connectivity index is 1.74. The molecule has 2 amide bonds. The molecule has 1 atom stereocenters. The highest BCUT2D eigenvalue weighted by atomic mass is 35.5. The van der Waals surface area contributed by atoms with Gasteiger partial charge in [-0.2, -0.15) is 0 Å². The number of halogens is 2. The topological polar surface area (TPSA) is 37.3 Å². The summed E-state index contributed by atoms with van der Waals surface area (Å²) >= 11 is 12.3. The largest absolute Gasteiger partial charge is 0.349 e. The molecule has 0 saturated heterocycles. The van der Waals surface area contributed by atoms with E-state index in [9.17, 15) is 4.79 Å². The van der Waals surface area contributed by atoms with Crippen LogP contribution in [0.3, 0.4) is 0 Å². The minimum atomic E-state index is -0.189. The molecule has 1 aliphatic heterocycles. The number of amides is 2. The molecule has 2 heterocycles. The summed E-state index contributed by atoms with van der Waals surface area (Å²) < 4.78 is 2.25. The molecule has 0 bridgehead atoms. The van der Waals surface area contributed by atoms with E-state index in [-0.39, 0.29) is 17.5 Å². The van der Waals surface area contributed by atoms with Gasteiger partial charge < -0.3 is 14.8 Å². The van der Waals surface area contributed by atoms with Crippen LogP contribution in [0, 0.1) is 0 Å². The summed E-state index contributed by atoms with van der Waals surface area (Å²) in [6.07, 6.45) is 2.96. The SMILES string of the molecule is CC(C)(C)c1cccc(C2c3cccn3CCCN2C(=O)Nc2ccc(Cl)cc2Cl)c1. The maximum Gasteiger partial charge on any atom is 0.322 e. The second kappa shape index (κ2) is 8.60. The Morgan fingerprint density at radius 3 is 2.58 bits per heavy atom. The lowest BCUT2D eigenvalue weighted by atomic mass is 9.85. The molecular formula is C25H27Cl2N3O. The quantitative estimate of drug-likeness (QED) is 0.438. The molecule has 31 heavy (non-hydrogen) atoms. The predicted octanol–water partition coefficient (Wildman–Crippen LogP) is 7.12. The van der Waals surface area contributed by atoms with Gasteiger partial charge in [-0.05, 0) is 53.3 Å². The third kappa shape index (κ3) is 4.60. The summed E-state index contributed by atoms with van der Waals surface area (Å²) in [6, 6.07) is 17.5. The van der Waals surface area contributed by atoms with E-state index in [1.54, 1.807) is 18.2 Å². The number of fused-ring (bicyclic) bond motifs is 1. The fourth-order valence-electron chi connectivity index (χ4n) is 4.10. The third-order valence-electron chi connectivity index (χ3n) is 5.76. The molecule has 6 heteroatoms. The van der Waals surface area contributed by atoms with Crippen LogP contribution in [-0.2, 0) is 12.0 Å². The number of nitrogens with zero attached hydrogens (tertiary/aromatic N) is 2. The highest BCUT2D eigenvalue weighted by Gasteiger charge is 2.31. The van der Waals surface area contributed by atoms with Crippen LogP contribution < -0.4 is 5.32 Å². The van der Waals surface area contributed by atoms with Crippen LogP contribution >= 0.6 is 23.2 Å². The van der Waals surface area contributed by atoms with Gasteiger partial charge in [-0.1, -0.05) is 68.2 Å². The number of urea groups is 1. The number of carbonyl (C=O) groups excluding carboxylic acids is 1. The van der Waals surface area contributed by atoms with Gasteiger partial charge >= 0.3 is 6.03 Å². The molecule has 0 aliphatic carbocycles. The molecule has 4 rings (SSSR count). The Morgan fingerprint density at radius 1 is 1.03 bits per heavy atom. The first-order valence-corrected chi connectivity index (χ1v) is 11.3. The van der Waals surface area contributed by atoms with Crippen LogP contribution in [0.2, 0.25) is 10.0 Å². The zero-order valence-corrected chi connectivity index (χ0v) is 19.5. The minimum absolute atomic E-state index is 0.0205. The lowest BCUT2D eigenvalue weighted by molar-refractivity contribution is 0.199. The first kappa shape index (κ1) is 21.8. The Morgan fingerprint density at radius 2 is 1.84 bits per heavy atom. The van der Waals surface area contributed by atoms with E-state index in [4.69, 9.17) is 23.2 Å². The van der Waals surface area contributed by atoms with Crippen molar-refractivity contribution in [3.05, 3.63) is 87.7 Å². The van der Waals surface area contributed by atoms with Gasteiger partial charge in [0, 0.05) is 30.0 Å². The van der Waals surface area contributed by atoms with Crippen molar-refractivity contribution in [1.29, 1.82) is 0 Å². The molecule has 0 radical (unpaired) electrons. The number of hydrogen-bond acceptors (Lipinski definition) is 1. The molecule has 0 saturated carbocycles. The van der Waals surface area contributed by atoms with Crippen LogP contribution in [-0.4, -0.2) is 22.0 Å². The average Bonchev–Trinajstić information content (AvgIpc) is 3.09. The lowest BCUT2D eigenvalue weighted by Gasteiger charge is -2.32. The van der Waals surface area contributed by atoms with Crippen molar-refractivity contribution in [2.75, 3.05) is 11.9 Å². The highest BCUT2D eigenvalue weighted by molar-refractivity contribution is 6.36. The fourth-order valence-corrected chi connectivity index (χ4v) is 4.56. The second-order valence-electron chi connectivity index (χ2n) is 9.01. The van der Waals surface area contributed by atoms with Gasteiger partial charge in [-0.3, -0.25) is 0 Å². The average molecular weight is 456 g/mol. The van der Waals surface area contributed by atoms with Crippen molar-refractivity contribution in [3.8, 4) is 0 Å². The molecule has 1 unspecified atom stereocenters. The number of benzene rings is 2. The molecule has 1 N–H and O–H groups in total. The summed E-state index contributed by atoms with van der Waals surface area (Å²) in [5, 5.41) is 3.95. The number of hydrogen-bond donors (Lipinski definition) is 1. The Labute approximate surface area is 193 Å². The summed E-state index contributed by atoms with van der Waals surface area (Å²) in [5.74, 6) is 0. The van der Waals surface area contributed by atoms with Crippen molar-refractivity contribution in [2.24, 2.45) is 0 Å².